The average Bonchev–Trinajstić information content (AvgIpc) is 2.69. The average molecular weight is 403 g/mol. The Labute approximate surface area is 166 Å². The number of hydrogen-bond donors (Lipinski definition) is 0. The molecule has 0 spiro atoms. The Kier molecular flexibility index (Phi) is 6.05. The van der Waals surface area contributed by atoms with Crippen LogP contribution in [0.5, 0.6) is 5.75 Å². The number of carbonyl (C=O) groups excluding carboxylic acids is 1. The third-order valence-corrected chi connectivity index (χ3v) is 6.80. The lowest BCUT2D eigenvalue weighted by Gasteiger charge is -2.35. The number of amides is 1. The molecule has 1 aliphatic rings. The number of rotatable bonds is 5. The van der Waals surface area contributed by atoms with Crippen LogP contribution in [0.2, 0.25) is 0 Å². The van der Waals surface area contributed by atoms with Crippen molar-refractivity contribution < 1.29 is 17.9 Å². The molecule has 1 aliphatic heterocycles. The van der Waals surface area contributed by atoms with Gasteiger partial charge in [-0.15, -0.1) is 0 Å². The molecule has 1 fully saturated rings. The van der Waals surface area contributed by atoms with Gasteiger partial charge in [0.25, 0.3) is 5.91 Å². The number of nitrogens with zero attached hydrogens (tertiary/aromatic N) is 2. The Bertz CT molecular complexity index is 916. The molecule has 0 bridgehead atoms. The van der Waals surface area contributed by atoms with Crippen molar-refractivity contribution in [3.63, 3.8) is 0 Å². The van der Waals surface area contributed by atoms with Crippen LogP contribution in [0.3, 0.4) is 0 Å². The fraction of sp³-hybridized carbons (Fsp3) is 0.381. The van der Waals surface area contributed by atoms with Crippen LogP contribution in [0.25, 0.3) is 0 Å². The van der Waals surface area contributed by atoms with Crippen LogP contribution in [-0.2, 0) is 14.8 Å². The largest absolute Gasteiger partial charge is 0.481 e. The van der Waals surface area contributed by atoms with E-state index in [1.807, 2.05) is 38.1 Å². The number of ether oxygens (including phenoxy) is 1. The molecule has 1 atom stereocenters. The summed E-state index contributed by atoms with van der Waals surface area (Å²) in [6.45, 7) is 6.89. The molecule has 28 heavy (non-hydrogen) atoms. The summed E-state index contributed by atoms with van der Waals surface area (Å²) in [7, 11) is -3.54. The summed E-state index contributed by atoms with van der Waals surface area (Å²) in [5, 5.41) is 0. The van der Waals surface area contributed by atoms with Crippen molar-refractivity contribution in [1.82, 2.24) is 9.21 Å². The van der Waals surface area contributed by atoms with Crippen molar-refractivity contribution in [1.29, 1.82) is 0 Å². The summed E-state index contributed by atoms with van der Waals surface area (Å²) in [4.78, 5) is 14.6. The molecule has 6 nitrogen and oxygen atoms in total. The zero-order valence-electron chi connectivity index (χ0n) is 16.5. The SMILES string of the molecule is Cc1ccc(O[C@@H](C)C(=O)N2CCN(S(=O)(=O)c3ccc(C)cc3)CC2)cc1. The van der Waals surface area contributed by atoms with E-state index in [-0.39, 0.29) is 23.9 Å². The lowest BCUT2D eigenvalue weighted by Crippen LogP contribution is -2.53. The maximum atomic E-state index is 12.8. The van der Waals surface area contributed by atoms with Crippen molar-refractivity contribution in [3.8, 4) is 5.75 Å². The predicted octanol–water partition coefficient (Wildman–Crippen LogP) is 2.60. The van der Waals surface area contributed by atoms with Crippen molar-refractivity contribution in [2.24, 2.45) is 0 Å². The summed E-state index contributed by atoms with van der Waals surface area (Å²) in [5.41, 5.74) is 2.13. The Balaban J connectivity index is 1.58. The molecule has 0 unspecified atom stereocenters. The van der Waals surface area contributed by atoms with Gasteiger partial charge in [0, 0.05) is 26.2 Å². The fourth-order valence-corrected chi connectivity index (χ4v) is 4.56. The highest BCUT2D eigenvalue weighted by atomic mass is 32.2. The molecule has 0 aromatic heterocycles. The van der Waals surface area contributed by atoms with Gasteiger partial charge in [0.1, 0.15) is 5.75 Å². The van der Waals surface area contributed by atoms with E-state index < -0.39 is 16.1 Å². The van der Waals surface area contributed by atoms with Crippen LogP contribution in [-0.4, -0.2) is 55.8 Å². The minimum Gasteiger partial charge on any atom is -0.481 e. The van der Waals surface area contributed by atoms with Gasteiger partial charge in [-0.1, -0.05) is 35.4 Å². The standard InChI is InChI=1S/C21H26N2O4S/c1-16-4-8-19(9-5-16)27-18(3)21(24)22-12-14-23(15-13-22)28(25,26)20-10-6-17(2)7-11-20/h4-11,18H,12-15H2,1-3H3/t18-/m0/s1. The molecule has 2 aromatic carbocycles. The summed E-state index contributed by atoms with van der Waals surface area (Å²) in [5.74, 6) is 0.514. The lowest BCUT2D eigenvalue weighted by atomic mass is 10.2. The van der Waals surface area contributed by atoms with E-state index in [9.17, 15) is 13.2 Å². The molecule has 150 valence electrons. The third-order valence-electron chi connectivity index (χ3n) is 4.89. The highest BCUT2D eigenvalue weighted by Gasteiger charge is 2.31. The zero-order valence-corrected chi connectivity index (χ0v) is 17.3. The first-order valence-electron chi connectivity index (χ1n) is 9.36. The second kappa shape index (κ2) is 8.32. The fourth-order valence-electron chi connectivity index (χ4n) is 3.14. The van der Waals surface area contributed by atoms with Crippen LogP contribution in [0, 0.1) is 13.8 Å². The Hall–Kier alpha value is -2.38. The number of hydrogen-bond acceptors (Lipinski definition) is 4. The van der Waals surface area contributed by atoms with Crippen molar-refractivity contribution in [3.05, 3.63) is 59.7 Å². The Morgan fingerprint density at radius 2 is 1.39 bits per heavy atom. The maximum absolute atomic E-state index is 12.8. The van der Waals surface area contributed by atoms with Gasteiger partial charge in [-0.3, -0.25) is 4.79 Å². The smallest absolute Gasteiger partial charge is 0.263 e. The zero-order chi connectivity index (χ0) is 20.3. The first-order valence-corrected chi connectivity index (χ1v) is 10.8. The first-order chi connectivity index (χ1) is 13.3. The Morgan fingerprint density at radius 3 is 1.93 bits per heavy atom. The number of piperazine rings is 1. The van der Waals surface area contributed by atoms with E-state index in [4.69, 9.17) is 4.74 Å². The molecular weight excluding hydrogens is 376 g/mol. The van der Waals surface area contributed by atoms with E-state index in [0.717, 1.165) is 11.1 Å². The van der Waals surface area contributed by atoms with E-state index in [1.54, 1.807) is 36.1 Å². The summed E-state index contributed by atoms with van der Waals surface area (Å²) in [6, 6.07) is 14.4. The molecule has 2 aromatic rings. The van der Waals surface area contributed by atoms with Crippen molar-refractivity contribution in [2.45, 2.75) is 31.8 Å². The van der Waals surface area contributed by atoms with Gasteiger partial charge in [-0.2, -0.15) is 4.31 Å². The van der Waals surface area contributed by atoms with Gasteiger partial charge < -0.3 is 9.64 Å². The van der Waals surface area contributed by atoms with Crippen LogP contribution in [0.1, 0.15) is 18.1 Å². The molecule has 0 N–H and O–H groups in total. The molecule has 3 rings (SSSR count). The molecule has 1 saturated heterocycles. The number of carbonyl (C=O) groups is 1. The summed E-state index contributed by atoms with van der Waals surface area (Å²) < 4.78 is 32.7. The molecule has 0 aliphatic carbocycles. The molecular formula is C21H26N2O4S. The second-order valence-corrected chi connectivity index (χ2v) is 9.05. The number of benzene rings is 2. The topological polar surface area (TPSA) is 66.9 Å². The molecule has 0 saturated carbocycles. The van der Waals surface area contributed by atoms with Gasteiger partial charge in [-0.25, -0.2) is 8.42 Å². The number of aryl methyl sites for hydroxylation is 2. The summed E-state index contributed by atoms with van der Waals surface area (Å²) in [6.07, 6.45) is -0.622. The van der Waals surface area contributed by atoms with E-state index >= 15 is 0 Å². The maximum Gasteiger partial charge on any atom is 0.263 e. The molecule has 1 heterocycles. The molecule has 7 heteroatoms. The van der Waals surface area contributed by atoms with Gasteiger partial charge in [-0.05, 0) is 45.0 Å². The van der Waals surface area contributed by atoms with Crippen LogP contribution in [0.4, 0.5) is 0 Å². The first kappa shape index (κ1) is 20.4. The van der Waals surface area contributed by atoms with E-state index in [2.05, 4.69) is 0 Å². The van der Waals surface area contributed by atoms with Crippen LogP contribution >= 0.6 is 0 Å². The van der Waals surface area contributed by atoms with Crippen molar-refractivity contribution in [2.75, 3.05) is 26.2 Å². The van der Waals surface area contributed by atoms with Crippen molar-refractivity contribution >= 4 is 15.9 Å². The second-order valence-electron chi connectivity index (χ2n) is 7.12. The van der Waals surface area contributed by atoms with Crippen LogP contribution < -0.4 is 4.74 Å². The highest BCUT2D eigenvalue weighted by molar-refractivity contribution is 7.89. The lowest BCUT2D eigenvalue weighted by molar-refractivity contribution is -0.139. The highest BCUT2D eigenvalue weighted by Crippen LogP contribution is 2.19. The number of sulfonamides is 1. The molecule has 1 amide bonds. The predicted molar refractivity (Wildman–Crippen MR) is 108 cm³/mol. The van der Waals surface area contributed by atoms with Gasteiger partial charge in [0.15, 0.2) is 6.10 Å². The van der Waals surface area contributed by atoms with Gasteiger partial charge in [0.05, 0.1) is 4.90 Å². The quantitative estimate of drug-likeness (QED) is 0.771. The van der Waals surface area contributed by atoms with Gasteiger partial charge >= 0.3 is 0 Å². The minimum atomic E-state index is -3.54. The van der Waals surface area contributed by atoms with Gasteiger partial charge in [0.2, 0.25) is 10.0 Å². The van der Waals surface area contributed by atoms with E-state index in [1.165, 1.54) is 4.31 Å². The Morgan fingerprint density at radius 1 is 0.893 bits per heavy atom. The van der Waals surface area contributed by atoms with Crippen LogP contribution in [0.15, 0.2) is 53.4 Å². The minimum absolute atomic E-state index is 0.132. The normalized spacial score (nSPS) is 16.6. The molecule has 0 radical (unpaired) electrons. The monoisotopic (exact) mass is 402 g/mol. The summed E-state index contributed by atoms with van der Waals surface area (Å²) >= 11 is 0. The van der Waals surface area contributed by atoms with E-state index in [0.29, 0.717) is 18.8 Å². The third kappa shape index (κ3) is 4.54.